The van der Waals surface area contributed by atoms with Crippen molar-refractivity contribution in [2.45, 2.75) is 30.9 Å². The molecule has 0 fully saturated rings. The van der Waals surface area contributed by atoms with Crippen LogP contribution in [0.25, 0.3) is 0 Å². The minimum Gasteiger partial charge on any atom is -0.489 e. The molecular formula is C23H23NO5S. The first-order chi connectivity index (χ1) is 14.3. The molecule has 30 heavy (non-hydrogen) atoms. The molecule has 0 bridgehead atoms. The van der Waals surface area contributed by atoms with Gasteiger partial charge in [-0.2, -0.15) is 4.72 Å². The lowest BCUT2D eigenvalue weighted by molar-refractivity contribution is -0.138. The van der Waals surface area contributed by atoms with E-state index in [2.05, 4.69) is 4.72 Å². The Kier molecular flexibility index (Phi) is 6.87. The Morgan fingerprint density at radius 3 is 2.17 bits per heavy atom. The second-order valence-corrected chi connectivity index (χ2v) is 8.66. The molecule has 2 N–H and O–H groups in total. The molecule has 3 aromatic carbocycles. The number of rotatable bonds is 9. The number of aryl methyl sites for hydroxylation is 1. The highest BCUT2D eigenvalue weighted by Crippen LogP contribution is 2.17. The molecule has 0 aromatic heterocycles. The highest BCUT2D eigenvalue weighted by atomic mass is 32.2. The Balaban J connectivity index is 1.64. The van der Waals surface area contributed by atoms with Crippen LogP contribution in [0.3, 0.4) is 0 Å². The molecule has 0 aliphatic heterocycles. The van der Waals surface area contributed by atoms with Gasteiger partial charge in [-0.3, -0.25) is 4.79 Å². The van der Waals surface area contributed by atoms with Gasteiger partial charge in [-0.05, 0) is 48.7 Å². The SMILES string of the molecule is Cc1ccc(S(=O)(=O)N[C@@H](Cc2ccc(OCc3ccccc3)cc2)C(=O)O)cc1. The minimum absolute atomic E-state index is 0.0133. The van der Waals surface area contributed by atoms with Crippen LogP contribution in [0.1, 0.15) is 16.7 Å². The standard InChI is InChI=1S/C23H23NO5S/c1-17-7-13-21(14-8-17)30(27,28)24-22(23(25)26)15-18-9-11-20(12-10-18)29-16-19-5-3-2-4-6-19/h2-14,22,24H,15-16H2,1H3,(H,25,26)/t22-/m0/s1. The van der Waals surface area contributed by atoms with E-state index in [4.69, 9.17) is 4.74 Å². The summed E-state index contributed by atoms with van der Waals surface area (Å²) in [5.41, 5.74) is 2.64. The van der Waals surface area contributed by atoms with Gasteiger partial charge in [0, 0.05) is 0 Å². The van der Waals surface area contributed by atoms with E-state index >= 15 is 0 Å². The number of ether oxygens (including phenoxy) is 1. The van der Waals surface area contributed by atoms with Gasteiger partial charge in [0.2, 0.25) is 10.0 Å². The van der Waals surface area contributed by atoms with Crippen molar-refractivity contribution < 1.29 is 23.1 Å². The van der Waals surface area contributed by atoms with Gasteiger partial charge in [0.25, 0.3) is 0 Å². The van der Waals surface area contributed by atoms with Crippen LogP contribution in [0.15, 0.2) is 83.8 Å². The zero-order valence-electron chi connectivity index (χ0n) is 16.5. The number of aliphatic carboxylic acids is 1. The lowest BCUT2D eigenvalue weighted by Crippen LogP contribution is -2.42. The van der Waals surface area contributed by atoms with Gasteiger partial charge in [-0.1, -0.05) is 60.2 Å². The molecule has 0 spiro atoms. The normalized spacial score (nSPS) is 12.3. The second-order valence-electron chi connectivity index (χ2n) is 6.95. The van der Waals surface area contributed by atoms with E-state index in [1.807, 2.05) is 37.3 Å². The molecule has 0 heterocycles. The van der Waals surface area contributed by atoms with E-state index in [0.717, 1.165) is 11.1 Å². The first-order valence-electron chi connectivity index (χ1n) is 9.41. The summed E-state index contributed by atoms with van der Waals surface area (Å²) >= 11 is 0. The monoisotopic (exact) mass is 425 g/mol. The molecule has 0 radical (unpaired) electrons. The Hall–Kier alpha value is -3.16. The number of sulfonamides is 1. The predicted molar refractivity (Wildman–Crippen MR) is 114 cm³/mol. The molecule has 6 nitrogen and oxygen atoms in total. The maximum atomic E-state index is 12.5. The molecule has 0 unspecified atom stereocenters. The van der Waals surface area contributed by atoms with Crippen LogP contribution in [0.2, 0.25) is 0 Å². The number of benzene rings is 3. The minimum atomic E-state index is -3.94. The highest BCUT2D eigenvalue weighted by Gasteiger charge is 2.25. The Labute approximate surface area is 176 Å². The van der Waals surface area contributed by atoms with Crippen LogP contribution in [0.4, 0.5) is 0 Å². The van der Waals surface area contributed by atoms with Crippen molar-refractivity contribution in [1.82, 2.24) is 4.72 Å². The maximum Gasteiger partial charge on any atom is 0.322 e. The van der Waals surface area contributed by atoms with Crippen molar-refractivity contribution in [3.63, 3.8) is 0 Å². The summed E-state index contributed by atoms with van der Waals surface area (Å²) in [6.45, 7) is 2.27. The van der Waals surface area contributed by atoms with Gasteiger partial charge in [0.15, 0.2) is 0 Å². The number of hydrogen-bond donors (Lipinski definition) is 2. The Bertz CT molecular complexity index is 1080. The third-order valence-corrected chi connectivity index (χ3v) is 6.03. The first-order valence-corrected chi connectivity index (χ1v) is 10.9. The summed E-state index contributed by atoms with van der Waals surface area (Å²) in [6.07, 6.45) is 0.0133. The smallest absolute Gasteiger partial charge is 0.322 e. The zero-order valence-corrected chi connectivity index (χ0v) is 17.3. The van der Waals surface area contributed by atoms with Gasteiger partial charge in [0.1, 0.15) is 18.4 Å². The van der Waals surface area contributed by atoms with Crippen LogP contribution in [-0.2, 0) is 27.8 Å². The quantitative estimate of drug-likeness (QED) is 0.547. The van der Waals surface area contributed by atoms with Crippen LogP contribution in [-0.4, -0.2) is 25.5 Å². The average molecular weight is 426 g/mol. The van der Waals surface area contributed by atoms with Crippen molar-refractivity contribution in [3.8, 4) is 5.75 Å². The number of carboxylic acid groups (broad SMARTS) is 1. The Morgan fingerprint density at radius 2 is 1.57 bits per heavy atom. The fourth-order valence-corrected chi connectivity index (χ4v) is 4.04. The third-order valence-electron chi connectivity index (χ3n) is 4.54. The van der Waals surface area contributed by atoms with Gasteiger partial charge in [-0.25, -0.2) is 8.42 Å². The van der Waals surface area contributed by atoms with Gasteiger partial charge >= 0.3 is 5.97 Å². The summed E-state index contributed by atoms with van der Waals surface area (Å²) in [5, 5.41) is 9.50. The van der Waals surface area contributed by atoms with E-state index in [9.17, 15) is 18.3 Å². The molecule has 1 atom stereocenters. The van der Waals surface area contributed by atoms with Crippen molar-refractivity contribution in [3.05, 3.63) is 95.6 Å². The van der Waals surface area contributed by atoms with E-state index in [-0.39, 0.29) is 11.3 Å². The van der Waals surface area contributed by atoms with E-state index in [0.29, 0.717) is 17.9 Å². The van der Waals surface area contributed by atoms with E-state index < -0.39 is 22.0 Å². The molecule has 3 aromatic rings. The summed E-state index contributed by atoms with van der Waals surface area (Å²) < 4.78 is 33.1. The average Bonchev–Trinajstić information content (AvgIpc) is 2.73. The lowest BCUT2D eigenvalue weighted by atomic mass is 10.1. The number of hydrogen-bond acceptors (Lipinski definition) is 4. The fraction of sp³-hybridized carbons (Fsp3) is 0.174. The summed E-state index contributed by atoms with van der Waals surface area (Å²) in [7, 11) is -3.94. The number of carbonyl (C=O) groups is 1. The van der Waals surface area contributed by atoms with Crippen LogP contribution >= 0.6 is 0 Å². The van der Waals surface area contributed by atoms with Crippen molar-refractivity contribution in [1.29, 1.82) is 0 Å². The summed E-state index contributed by atoms with van der Waals surface area (Å²) in [6, 6.07) is 21.6. The van der Waals surface area contributed by atoms with E-state index in [1.54, 1.807) is 36.4 Å². The van der Waals surface area contributed by atoms with Gasteiger partial charge in [0.05, 0.1) is 4.90 Å². The summed E-state index contributed by atoms with van der Waals surface area (Å²) in [5.74, 6) is -0.593. The van der Waals surface area contributed by atoms with Gasteiger partial charge < -0.3 is 9.84 Å². The fourth-order valence-electron chi connectivity index (χ4n) is 2.85. The predicted octanol–water partition coefficient (Wildman–Crippen LogP) is 3.55. The van der Waals surface area contributed by atoms with Gasteiger partial charge in [-0.15, -0.1) is 0 Å². The molecule has 7 heteroatoms. The molecule has 0 amide bonds. The molecule has 0 saturated heterocycles. The first kappa shape index (κ1) is 21.5. The topological polar surface area (TPSA) is 92.7 Å². The lowest BCUT2D eigenvalue weighted by Gasteiger charge is -2.15. The van der Waals surface area contributed by atoms with Crippen molar-refractivity contribution in [2.75, 3.05) is 0 Å². The molecule has 3 rings (SSSR count). The Morgan fingerprint density at radius 1 is 0.933 bits per heavy atom. The largest absolute Gasteiger partial charge is 0.489 e. The number of nitrogens with one attached hydrogen (secondary N) is 1. The number of carboxylic acids is 1. The zero-order chi connectivity index (χ0) is 21.6. The summed E-state index contributed by atoms with van der Waals surface area (Å²) in [4.78, 5) is 11.7. The molecule has 0 aliphatic carbocycles. The third kappa shape index (κ3) is 5.92. The maximum absolute atomic E-state index is 12.5. The van der Waals surface area contributed by atoms with Crippen LogP contribution in [0.5, 0.6) is 5.75 Å². The van der Waals surface area contributed by atoms with E-state index in [1.165, 1.54) is 12.1 Å². The van der Waals surface area contributed by atoms with Crippen LogP contribution in [0, 0.1) is 6.92 Å². The van der Waals surface area contributed by atoms with Crippen LogP contribution < -0.4 is 9.46 Å². The second kappa shape index (κ2) is 9.56. The molecule has 0 aliphatic rings. The highest BCUT2D eigenvalue weighted by molar-refractivity contribution is 7.89. The molecule has 0 saturated carbocycles. The van der Waals surface area contributed by atoms with Crippen molar-refractivity contribution in [2.24, 2.45) is 0 Å². The molecular weight excluding hydrogens is 402 g/mol. The molecule has 156 valence electrons. The van der Waals surface area contributed by atoms with Crippen molar-refractivity contribution >= 4 is 16.0 Å².